The number of hydrogen-bond donors (Lipinski definition) is 1. The fraction of sp³-hybridized carbons (Fsp3) is 0.235. The van der Waals surface area contributed by atoms with Gasteiger partial charge in [-0.15, -0.1) is 0 Å². The number of benzene rings is 1. The molecule has 0 fully saturated rings. The molecule has 1 amide bonds. The summed E-state index contributed by atoms with van der Waals surface area (Å²) in [5, 5.41) is 2.89. The van der Waals surface area contributed by atoms with Gasteiger partial charge in [-0.2, -0.15) is 0 Å². The molecule has 0 aliphatic carbocycles. The minimum absolute atomic E-state index is 0.0195. The predicted molar refractivity (Wildman–Crippen MR) is 93.1 cm³/mol. The minimum atomic E-state index is 0.0195. The lowest BCUT2D eigenvalue weighted by molar-refractivity contribution is -0.116. The summed E-state index contributed by atoms with van der Waals surface area (Å²) >= 11 is 3.38. The Morgan fingerprint density at radius 3 is 2.96 bits per heavy atom. The Bertz CT molecular complexity index is 845. The first-order valence-electron chi connectivity index (χ1n) is 7.47. The maximum absolute atomic E-state index is 11.8. The van der Waals surface area contributed by atoms with Crippen LogP contribution in [0.5, 0.6) is 0 Å². The van der Waals surface area contributed by atoms with Crippen LogP contribution in [0.1, 0.15) is 26.2 Å². The van der Waals surface area contributed by atoms with Gasteiger partial charge in [0.25, 0.3) is 0 Å². The van der Waals surface area contributed by atoms with Gasteiger partial charge in [0, 0.05) is 29.0 Å². The van der Waals surface area contributed by atoms with E-state index >= 15 is 0 Å². The second-order valence-corrected chi connectivity index (χ2v) is 6.16. The van der Waals surface area contributed by atoms with Crippen LogP contribution < -0.4 is 5.32 Å². The molecule has 1 aromatic carbocycles. The van der Waals surface area contributed by atoms with Crippen molar-refractivity contribution in [1.29, 1.82) is 0 Å². The highest BCUT2D eigenvalue weighted by molar-refractivity contribution is 9.10. The highest BCUT2D eigenvalue weighted by Crippen LogP contribution is 2.27. The maximum Gasteiger partial charge on any atom is 0.228 e. The first-order valence-corrected chi connectivity index (χ1v) is 8.26. The van der Waals surface area contributed by atoms with E-state index in [-0.39, 0.29) is 5.91 Å². The van der Waals surface area contributed by atoms with Crippen molar-refractivity contribution in [1.82, 2.24) is 9.97 Å². The lowest BCUT2D eigenvalue weighted by Crippen LogP contribution is -2.10. The molecule has 0 aliphatic rings. The van der Waals surface area contributed by atoms with E-state index in [1.165, 1.54) is 0 Å². The molecule has 0 bridgehead atoms. The molecule has 23 heavy (non-hydrogen) atoms. The highest BCUT2D eigenvalue weighted by Gasteiger charge is 2.10. The molecule has 5 nitrogen and oxygen atoms in total. The average Bonchev–Trinajstić information content (AvgIpc) is 2.96. The Labute approximate surface area is 142 Å². The van der Waals surface area contributed by atoms with Gasteiger partial charge >= 0.3 is 0 Å². The number of amides is 1. The van der Waals surface area contributed by atoms with Crippen molar-refractivity contribution in [2.24, 2.45) is 0 Å². The molecule has 6 heteroatoms. The molecule has 0 saturated carbocycles. The van der Waals surface area contributed by atoms with Crippen LogP contribution in [0, 0.1) is 0 Å². The summed E-state index contributed by atoms with van der Waals surface area (Å²) in [6.07, 6.45) is 5.82. The number of halogens is 1. The first kappa shape index (κ1) is 15.7. The molecule has 0 radical (unpaired) electrons. The van der Waals surface area contributed by atoms with Gasteiger partial charge in [0.15, 0.2) is 5.58 Å². The van der Waals surface area contributed by atoms with Gasteiger partial charge in [0.2, 0.25) is 11.8 Å². The van der Waals surface area contributed by atoms with Crippen molar-refractivity contribution >= 4 is 38.6 Å². The number of rotatable bonds is 5. The molecule has 3 rings (SSSR count). The number of carbonyl (C=O) groups excluding carboxylic acids is 1. The fourth-order valence-corrected chi connectivity index (χ4v) is 2.58. The van der Waals surface area contributed by atoms with Crippen molar-refractivity contribution in [3.8, 4) is 11.5 Å². The van der Waals surface area contributed by atoms with Crippen LogP contribution in [0.15, 0.2) is 45.5 Å². The third-order valence-electron chi connectivity index (χ3n) is 3.38. The molecule has 118 valence electrons. The molecule has 2 heterocycles. The van der Waals surface area contributed by atoms with Crippen LogP contribution in [0.4, 0.5) is 5.69 Å². The number of pyridine rings is 1. The monoisotopic (exact) mass is 373 g/mol. The Balaban J connectivity index is 1.85. The van der Waals surface area contributed by atoms with Crippen LogP contribution >= 0.6 is 15.9 Å². The average molecular weight is 374 g/mol. The number of aromatic nitrogens is 2. The zero-order valence-corrected chi connectivity index (χ0v) is 14.3. The molecule has 0 unspecified atom stereocenters. The quantitative estimate of drug-likeness (QED) is 0.698. The number of nitrogens with zero attached hydrogens (tertiary/aromatic N) is 2. The van der Waals surface area contributed by atoms with Crippen molar-refractivity contribution in [3.05, 3.63) is 41.1 Å². The van der Waals surface area contributed by atoms with Crippen molar-refractivity contribution < 1.29 is 9.21 Å². The van der Waals surface area contributed by atoms with Crippen molar-refractivity contribution in [2.75, 3.05) is 5.32 Å². The van der Waals surface area contributed by atoms with Crippen molar-refractivity contribution in [2.45, 2.75) is 26.2 Å². The summed E-state index contributed by atoms with van der Waals surface area (Å²) in [6, 6.07) is 7.34. The minimum Gasteiger partial charge on any atom is -0.436 e. The predicted octanol–water partition coefficient (Wildman–Crippen LogP) is 4.78. The van der Waals surface area contributed by atoms with E-state index in [4.69, 9.17) is 4.42 Å². The second-order valence-electron chi connectivity index (χ2n) is 5.25. The van der Waals surface area contributed by atoms with E-state index in [1.54, 1.807) is 12.4 Å². The van der Waals surface area contributed by atoms with Crippen LogP contribution in [-0.4, -0.2) is 15.9 Å². The number of hydrogen-bond acceptors (Lipinski definition) is 4. The van der Waals surface area contributed by atoms with E-state index < -0.39 is 0 Å². The summed E-state index contributed by atoms with van der Waals surface area (Å²) in [4.78, 5) is 20.4. The summed E-state index contributed by atoms with van der Waals surface area (Å²) < 4.78 is 6.61. The lowest BCUT2D eigenvalue weighted by Gasteiger charge is -2.03. The van der Waals surface area contributed by atoms with Crippen molar-refractivity contribution in [3.63, 3.8) is 0 Å². The Morgan fingerprint density at radius 1 is 1.30 bits per heavy atom. The number of nitrogens with one attached hydrogen (secondary N) is 1. The third kappa shape index (κ3) is 3.76. The summed E-state index contributed by atoms with van der Waals surface area (Å²) in [5.74, 6) is 0.523. The van der Waals surface area contributed by atoms with E-state index in [9.17, 15) is 4.79 Å². The third-order valence-corrected chi connectivity index (χ3v) is 3.81. The zero-order chi connectivity index (χ0) is 16.2. The van der Waals surface area contributed by atoms with Crippen LogP contribution in [0.25, 0.3) is 22.6 Å². The van der Waals surface area contributed by atoms with Gasteiger partial charge in [-0.1, -0.05) is 13.3 Å². The SMILES string of the molecule is CCCCC(=O)Nc1ccc2oc(-c3cncc(Br)c3)nc2c1. The maximum atomic E-state index is 11.8. The zero-order valence-electron chi connectivity index (χ0n) is 12.7. The van der Waals surface area contributed by atoms with Gasteiger partial charge in [-0.25, -0.2) is 4.98 Å². The highest BCUT2D eigenvalue weighted by atomic mass is 79.9. The molecule has 1 N–H and O–H groups in total. The van der Waals surface area contributed by atoms with E-state index in [1.807, 2.05) is 24.3 Å². The molecule has 0 spiro atoms. The molecule has 2 aromatic heterocycles. The van der Waals surface area contributed by atoms with Crippen LogP contribution in [-0.2, 0) is 4.79 Å². The Morgan fingerprint density at radius 2 is 2.17 bits per heavy atom. The fourth-order valence-electron chi connectivity index (χ4n) is 2.22. The number of oxazole rings is 1. The molecular formula is C17H16BrN3O2. The van der Waals surface area contributed by atoms with E-state index in [2.05, 4.69) is 38.1 Å². The smallest absolute Gasteiger partial charge is 0.228 e. The van der Waals surface area contributed by atoms with Crippen LogP contribution in [0.3, 0.4) is 0 Å². The molecule has 3 aromatic rings. The number of fused-ring (bicyclic) bond motifs is 1. The van der Waals surface area contributed by atoms with E-state index in [0.29, 0.717) is 23.4 Å². The summed E-state index contributed by atoms with van der Waals surface area (Å²) in [6.45, 7) is 2.06. The van der Waals surface area contributed by atoms with Gasteiger partial charge in [0.05, 0.1) is 5.56 Å². The van der Waals surface area contributed by atoms with Gasteiger partial charge < -0.3 is 9.73 Å². The lowest BCUT2D eigenvalue weighted by atomic mass is 10.2. The normalized spacial score (nSPS) is 10.9. The van der Waals surface area contributed by atoms with E-state index in [0.717, 1.165) is 28.6 Å². The topological polar surface area (TPSA) is 68.0 Å². The summed E-state index contributed by atoms with van der Waals surface area (Å²) in [5.41, 5.74) is 2.90. The Hall–Kier alpha value is -2.21. The number of carbonyl (C=O) groups is 1. The molecular weight excluding hydrogens is 358 g/mol. The molecule has 0 saturated heterocycles. The van der Waals surface area contributed by atoms with Gasteiger partial charge in [-0.05, 0) is 46.6 Å². The number of anilines is 1. The molecule has 0 aliphatic heterocycles. The van der Waals surface area contributed by atoms with Crippen LogP contribution in [0.2, 0.25) is 0 Å². The summed E-state index contributed by atoms with van der Waals surface area (Å²) in [7, 11) is 0. The first-order chi connectivity index (χ1) is 11.2. The largest absolute Gasteiger partial charge is 0.436 e. The second kappa shape index (κ2) is 6.91. The molecule has 0 atom stereocenters. The number of unbranched alkanes of at least 4 members (excludes halogenated alkanes) is 1. The van der Waals surface area contributed by atoms with Gasteiger partial charge in [0.1, 0.15) is 5.52 Å². The Kier molecular flexibility index (Phi) is 4.71. The standard InChI is InChI=1S/C17H16BrN3O2/c1-2-3-4-16(22)20-13-5-6-15-14(8-13)21-17(23-15)11-7-12(18)10-19-9-11/h5-10H,2-4H2,1H3,(H,20,22). The van der Waals surface area contributed by atoms with Gasteiger partial charge in [-0.3, -0.25) is 9.78 Å².